The molecule has 2 aromatic heterocycles. The molecule has 0 aliphatic carbocycles. The molecule has 0 saturated carbocycles. The van der Waals surface area contributed by atoms with Gasteiger partial charge >= 0.3 is 0 Å². The lowest BCUT2D eigenvalue weighted by molar-refractivity contribution is -0.688. The van der Waals surface area contributed by atoms with E-state index in [1.165, 1.54) is 17.1 Å². The number of nitrogens with two attached hydrogens (primary N) is 1. The van der Waals surface area contributed by atoms with E-state index in [1.54, 1.807) is 12.4 Å². The summed E-state index contributed by atoms with van der Waals surface area (Å²) in [6.07, 6.45) is 5.19. The Hall–Kier alpha value is -3.72. The maximum absolute atomic E-state index is 12.9. The van der Waals surface area contributed by atoms with Gasteiger partial charge in [0.25, 0.3) is 11.8 Å². The normalized spacial score (nSPS) is 19.6. The van der Waals surface area contributed by atoms with Crippen LogP contribution in [0.3, 0.4) is 0 Å². The van der Waals surface area contributed by atoms with Gasteiger partial charge in [-0.2, -0.15) is 4.57 Å². The number of carboxylic acids is 1. The number of carbonyl (C=O) groups is 3. The van der Waals surface area contributed by atoms with Crippen LogP contribution in [0.4, 0.5) is 10.9 Å². The van der Waals surface area contributed by atoms with Crippen molar-refractivity contribution in [3.63, 3.8) is 0 Å². The van der Waals surface area contributed by atoms with Crippen LogP contribution in [0.1, 0.15) is 19.5 Å². The van der Waals surface area contributed by atoms with Crippen LogP contribution in [0, 0.1) is 0 Å². The fraction of sp³-hybridized carbons (Fsp3) is 0.381. The number of anilines is 2. The summed E-state index contributed by atoms with van der Waals surface area (Å²) in [4.78, 5) is 49.1. The molecule has 2 aliphatic heterocycles. The first-order valence-electron chi connectivity index (χ1n) is 11.0. The second kappa shape index (κ2) is 10.5. The van der Waals surface area contributed by atoms with E-state index in [9.17, 15) is 24.7 Å². The van der Waals surface area contributed by atoms with Gasteiger partial charge in [-0.3, -0.25) is 14.5 Å². The smallest absolute Gasteiger partial charge is 0.276 e. The third-order valence-corrected chi connectivity index (χ3v) is 7.83. The first-order valence-corrected chi connectivity index (χ1v) is 12.9. The molecule has 13 nitrogen and oxygen atoms in total. The molecule has 1 unspecified atom stereocenters. The second-order valence-electron chi connectivity index (χ2n) is 7.88. The Morgan fingerprint density at radius 1 is 1.42 bits per heavy atom. The summed E-state index contributed by atoms with van der Waals surface area (Å²) >= 11 is 2.38. The number of amides is 2. The number of fused-ring (bicyclic) bond motifs is 1. The quantitative estimate of drug-likeness (QED) is 0.113. The van der Waals surface area contributed by atoms with Gasteiger partial charge < -0.3 is 31.1 Å². The number of oxime groups is 1. The monoisotopic (exact) mass is 532 g/mol. The molecule has 4 heterocycles. The molecule has 15 heteroatoms. The lowest BCUT2D eigenvalue weighted by Gasteiger charge is -2.50. The standard InChI is InChI=1S/C21H24N8O5S2/c1-3-28(4-2)13-8-27(6-5-23-13)7-11-9-35-19-15(18(31)29(19)16(11)20(32)33)25-17(30)14(26-34)12-10-36-21(22)24-12/h5-6,8,10,15,19H,3-4,7,9H2,1-2H3,(H4-,22,24,25,30,32,33,34)/t15?,19-/m0/s1. The van der Waals surface area contributed by atoms with Crippen LogP contribution in [0.15, 0.2) is 40.4 Å². The van der Waals surface area contributed by atoms with Gasteiger partial charge in [-0.15, -0.1) is 23.1 Å². The van der Waals surface area contributed by atoms with Crippen LogP contribution in [0.2, 0.25) is 0 Å². The van der Waals surface area contributed by atoms with Gasteiger partial charge in [0.05, 0.1) is 17.9 Å². The number of thioether (sulfide) groups is 1. The van der Waals surface area contributed by atoms with Crippen molar-refractivity contribution in [2.45, 2.75) is 31.8 Å². The Morgan fingerprint density at radius 2 is 2.17 bits per heavy atom. The van der Waals surface area contributed by atoms with E-state index in [0.717, 1.165) is 35.1 Å². The first-order chi connectivity index (χ1) is 17.3. The fourth-order valence-electron chi connectivity index (χ4n) is 4.06. The van der Waals surface area contributed by atoms with Crippen LogP contribution in [-0.2, 0) is 20.9 Å². The number of thiazole rings is 1. The van der Waals surface area contributed by atoms with E-state index in [-0.39, 0.29) is 23.1 Å². The lowest BCUT2D eigenvalue weighted by Crippen LogP contribution is -2.71. The van der Waals surface area contributed by atoms with E-state index in [1.807, 2.05) is 24.6 Å². The number of nitrogens with one attached hydrogen (secondary N) is 1. The van der Waals surface area contributed by atoms with Gasteiger partial charge in [-0.05, 0) is 13.8 Å². The highest BCUT2D eigenvalue weighted by Crippen LogP contribution is 2.40. The number of carboxylic acid groups (broad SMARTS) is 1. The van der Waals surface area contributed by atoms with Crippen molar-refractivity contribution < 1.29 is 29.3 Å². The summed E-state index contributed by atoms with van der Waals surface area (Å²) in [5.74, 6) is -1.84. The Balaban J connectivity index is 1.52. The number of β-lactam (4-membered cyclic amide) rings is 1. The SMILES string of the molecule is CCN(CC)c1c[n+](CC2=C(C(=O)[O-])N3C(=O)C(NC(=O)C(=NO)c4csc(N)n4)[C@@H]3SC2)ccn1. The molecule has 1 fully saturated rings. The van der Waals surface area contributed by atoms with Crippen LogP contribution in [0.5, 0.6) is 0 Å². The van der Waals surface area contributed by atoms with Gasteiger partial charge in [0, 0.05) is 29.8 Å². The number of aromatic nitrogens is 3. The highest BCUT2D eigenvalue weighted by molar-refractivity contribution is 8.00. The minimum absolute atomic E-state index is 0.0634. The molecule has 0 radical (unpaired) electrons. The number of aliphatic carboxylic acids is 1. The van der Waals surface area contributed by atoms with Crippen LogP contribution in [0.25, 0.3) is 0 Å². The highest BCUT2D eigenvalue weighted by Gasteiger charge is 2.53. The summed E-state index contributed by atoms with van der Waals surface area (Å²) < 4.78 is 1.81. The van der Waals surface area contributed by atoms with Gasteiger partial charge in [0.15, 0.2) is 29.4 Å². The van der Waals surface area contributed by atoms with Crippen LogP contribution in [-0.4, -0.2) is 73.8 Å². The number of carbonyl (C=O) groups excluding carboxylic acids is 3. The third kappa shape index (κ3) is 4.70. The zero-order valence-electron chi connectivity index (χ0n) is 19.4. The molecular formula is C21H24N8O5S2. The summed E-state index contributed by atoms with van der Waals surface area (Å²) in [5, 5.41) is 27.8. The van der Waals surface area contributed by atoms with Crippen LogP contribution < -0.4 is 25.6 Å². The second-order valence-corrected chi connectivity index (χ2v) is 9.87. The molecule has 2 aliphatic rings. The van der Waals surface area contributed by atoms with Crippen molar-refractivity contribution in [1.82, 2.24) is 20.2 Å². The molecular weight excluding hydrogens is 508 g/mol. The van der Waals surface area contributed by atoms with Crippen molar-refractivity contribution in [2.24, 2.45) is 5.16 Å². The van der Waals surface area contributed by atoms with Crippen molar-refractivity contribution in [3.8, 4) is 0 Å². The van der Waals surface area contributed by atoms with Crippen molar-refractivity contribution in [3.05, 3.63) is 40.9 Å². The summed E-state index contributed by atoms with van der Waals surface area (Å²) in [7, 11) is 0. The van der Waals surface area contributed by atoms with Gasteiger partial charge in [0.1, 0.15) is 17.1 Å². The predicted octanol–water partition coefficient (Wildman–Crippen LogP) is -1.46. The number of hydrogen-bond acceptors (Lipinski definition) is 12. The van der Waals surface area contributed by atoms with Crippen molar-refractivity contribution in [1.29, 1.82) is 0 Å². The fourth-order valence-corrected chi connectivity index (χ4v) is 5.94. The highest BCUT2D eigenvalue weighted by atomic mass is 32.2. The molecule has 4 rings (SSSR count). The Labute approximate surface area is 214 Å². The molecule has 4 N–H and O–H groups in total. The number of hydrogen-bond donors (Lipinski definition) is 3. The first kappa shape index (κ1) is 25.4. The molecule has 36 heavy (non-hydrogen) atoms. The molecule has 0 bridgehead atoms. The molecule has 190 valence electrons. The molecule has 1 saturated heterocycles. The maximum atomic E-state index is 12.9. The average molecular weight is 533 g/mol. The van der Waals surface area contributed by atoms with E-state index >= 15 is 0 Å². The number of nitrogens with zero attached hydrogens (tertiary/aromatic N) is 6. The average Bonchev–Trinajstić information content (AvgIpc) is 3.29. The zero-order valence-corrected chi connectivity index (χ0v) is 21.1. The predicted molar refractivity (Wildman–Crippen MR) is 130 cm³/mol. The van der Waals surface area contributed by atoms with Gasteiger partial charge in [0.2, 0.25) is 6.20 Å². The van der Waals surface area contributed by atoms with E-state index in [0.29, 0.717) is 11.3 Å². The zero-order chi connectivity index (χ0) is 26.0. The number of nitrogen functional groups attached to an aromatic ring is 1. The van der Waals surface area contributed by atoms with E-state index in [4.69, 9.17) is 5.73 Å². The minimum atomic E-state index is -1.47. The topological polar surface area (TPSA) is 181 Å². The Morgan fingerprint density at radius 3 is 2.78 bits per heavy atom. The molecule has 2 aromatic rings. The largest absolute Gasteiger partial charge is 0.543 e. The van der Waals surface area contributed by atoms with Gasteiger partial charge in [-0.25, -0.2) is 9.97 Å². The van der Waals surface area contributed by atoms with E-state index in [2.05, 4.69) is 25.3 Å². The third-order valence-electron chi connectivity index (χ3n) is 5.81. The molecule has 2 atom stereocenters. The van der Waals surface area contributed by atoms with Crippen molar-refractivity contribution in [2.75, 3.05) is 29.5 Å². The summed E-state index contributed by atoms with van der Waals surface area (Å²) in [6, 6.07) is -1.01. The van der Waals surface area contributed by atoms with Gasteiger partial charge in [-0.1, -0.05) is 5.16 Å². The maximum Gasteiger partial charge on any atom is 0.276 e. The molecule has 2 amide bonds. The molecule has 0 aromatic carbocycles. The molecule has 0 spiro atoms. The lowest BCUT2D eigenvalue weighted by atomic mass is 10.0. The Kier molecular flexibility index (Phi) is 7.40. The van der Waals surface area contributed by atoms with Crippen LogP contribution >= 0.6 is 23.1 Å². The Bertz CT molecular complexity index is 1260. The summed E-state index contributed by atoms with van der Waals surface area (Å²) in [5.41, 5.74) is 5.54. The number of rotatable bonds is 9. The minimum Gasteiger partial charge on any atom is -0.543 e. The van der Waals surface area contributed by atoms with E-state index < -0.39 is 34.9 Å². The van der Waals surface area contributed by atoms with Crippen molar-refractivity contribution >= 4 is 57.5 Å². The summed E-state index contributed by atoms with van der Waals surface area (Å²) in [6.45, 7) is 5.80.